The number of phenols is 1. The molecular formula is C46H54N4O3. The van der Waals surface area contributed by atoms with Gasteiger partial charge in [0.2, 0.25) is 5.91 Å². The topological polar surface area (TPSA) is 88.7 Å². The van der Waals surface area contributed by atoms with Crippen LogP contribution in [0.1, 0.15) is 78.4 Å². The van der Waals surface area contributed by atoms with E-state index in [0.29, 0.717) is 32.4 Å². The second kappa shape index (κ2) is 17.8. The van der Waals surface area contributed by atoms with E-state index in [4.69, 9.17) is 0 Å². The molecule has 2 saturated heterocycles. The molecule has 3 heterocycles. The van der Waals surface area contributed by atoms with Gasteiger partial charge in [-0.05, 0) is 122 Å². The van der Waals surface area contributed by atoms with E-state index in [-0.39, 0.29) is 17.6 Å². The first-order chi connectivity index (χ1) is 26.0. The summed E-state index contributed by atoms with van der Waals surface area (Å²) in [7, 11) is 0. The second-order valence-electron chi connectivity index (χ2n) is 15.2. The second-order valence-corrected chi connectivity index (χ2v) is 15.2. The molecule has 53 heavy (non-hydrogen) atoms. The lowest BCUT2D eigenvalue weighted by Crippen LogP contribution is -2.38. The van der Waals surface area contributed by atoms with Crippen LogP contribution in [0.5, 0.6) is 5.75 Å². The summed E-state index contributed by atoms with van der Waals surface area (Å²) < 4.78 is 0. The molecule has 7 rings (SSSR count). The quantitative estimate of drug-likeness (QED) is 0.108. The maximum Gasteiger partial charge on any atom is 0.254 e. The summed E-state index contributed by atoms with van der Waals surface area (Å²) in [6.45, 7) is 5.02. The Labute approximate surface area is 314 Å². The summed E-state index contributed by atoms with van der Waals surface area (Å²) in [4.78, 5) is 35.3. The van der Waals surface area contributed by atoms with Crippen LogP contribution in [0.15, 0.2) is 103 Å². The minimum Gasteiger partial charge on any atom is -0.508 e. The number of piperidine rings is 2. The van der Waals surface area contributed by atoms with E-state index in [1.807, 2.05) is 59.6 Å². The normalized spacial score (nSPS) is 15.5. The maximum atomic E-state index is 14.0. The van der Waals surface area contributed by atoms with Crippen LogP contribution in [-0.2, 0) is 24.2 Å². The average Bonchev–Trinajstić information content (AvgIpc) is 3.63. The number of benzene rings is 4. The molecule has 0 aliphatic carbocycles. The number of aryl methyl sites for hydroxylation is 1. The number of phenolic OH excluding ortho intramolecular Hbond substituents is 1. The highest BCUT2D eigenvalue weighted by atomic mass is 16.3. The number of nitrogens with zero attached hydrogens (tertiary/aromatic N) is 2. The van der Waals surface area contributed by atoms with Gasteiger partial charge in [-0.15, -0.1) is 0 Å². The first-order valence-corrected chi connectivity index (χ1v) is 19.8. The number of aromatic nitrogens is 1. The number of H-pyrrole nitrogens is 1. The van der Waals surface area contributed by atoms with Gasteiger partial charge in [-0.2, -0.15) is 0 Å². The van der Waals surface area contributed by atoms with Crippen molar-refractivity contribution in [1.82, 2.24) is 20.1 Å². The van der Waals surface area contributed by atoms with E-state index in [1.54, 1.807) is 12.1 Å². The number of carbonyl (C=O) groups is 2. The molecule has 0 atom stereocenters. The minimum absolute atomic E-state index is 0.102. The van der Waals surface area contributed by atoms with Crippen LogP contribution >= 0.6 is 0 Å². The molecule has 2 fully saturated rings. The van der Waals surface area contributed by atoms with Gasteiger partial charge in [-0.1, -0.05) is 86.0 Å². The Morgan fingerprint density at radius 2 is 1.51 bits per heavy atom. The molecule has 5 aromatic rings. The van der Waals surface area contributed by atoms with Crippen molar-refractivity contribution in [2.24, 2.45) is 11.8 Å². The molecular weight excluding hydrogens is 657 g/mol. The van der Waals surface area contributed by atoms with E-state index in [1.165, 1.54) is 45.2 Å². The van der Waals surface area contributed by atoms with Crippen molar-refractivity contribution in [3.63, 3.8) is 0 Å². The highest BCUT2D eigenvalue weighted by Crippen LogP contribution is 2.30. The average molecular weight is 711 g/mol. The van der Waals surface area contributed by atoms with E-state index in [9.17, 15) is 14.7 Å². The number of aromatic amines is 1. The largest absolute Gasteiger partial charge is 0.508 e. The molecule has 2 amide bonds. The third-order valence-electron chi connectivity index (χ3n) is 11.6. The third-order valence-corrected chi connectivity index (χ3v) is 11.6. The fourth-order valence-corrected chi connectivity index (χ4v) is 8.40. The van der Waals surface area contributed by atoms with Crippen molar-refractivity contribution in [3.8, 4) is 16.9 Å². The standard InChI is InChI=1S/C46H54N4O3/c51-40-18-15-36(16-19-40)25-30-50(45(52)20-17-39-32-48-44-14-4-3-12-42(39)44)33-37-9-6-10-38(31-37)41-11-1-2-13-43(41)46(53)49-28-23-35(24-29-49)8-5-7-34-21-26-47-27-22-34/h1-4,6,9-16,18-19,31-32,34-35,47-48,51H,5,7-8,17,20-30,33H2. The van der Waals surface area contributed by atoms with Gasteiger partial charge in [-0.3, -0.25) is 9.59 Å². The van der Waals surface area contributed by atoms with Gasteiger partial charge in [0.15, 0.2) is 0 Å². The predicted molar refractivity (Wildman–Crippen MR) is 214 cm³/mol. The number of likely N-dealkylation sites (tertiary alicyclic amines) is 1. The van der Waals surface area contributed by atoms with Gasteiger partial charge < -0.3 is 25.2 Å². The van der Waals surface area contributed by atoms with Crippen LogP contribution in [0.25, 0.3) is 22.0 Å². The Balaban J connectivity index is 1.01. The fraction of sp³-hybridized carbons (Fsp3) is 0.391. The van der Waals surface area contributed by atoms with Gasteiger partial charge >= 0.3 is 0 Å². The number of rotatable bonds is 14. The zero-order chi connectivity index (χ0) is 36.4. The van der Waals surface area contributed by atoms with Gasteiger partial charge in [0.05, 0.1) is 0 Å². The van der Waals surface area contributed by atoms with Crippen molar-refractivity contribution >= 4 is 22.7 Å². The van der Waals surface area contributed by atoms with Crippen molar-refractivity contribution in [2.75, 3.05) is 32.7 Å². The first kappa shape index (κ1) is 36.5. The zero-order valence-electron chi connectivity index (χ0n) is 30.9. The molecule has 276 valence electrons. The van der Waals surface area contributed by atoms with E-state index in [0.717, 1.165) is 82.1 Å². The van der Waals surface area contributed by atoms with Crippen LogP contribution in [0, 0.1) is 11.8 Å². The summed E-state index contributed by atoms with van der Waals surface area (Å²) in [5, 5.41) is 14.4. The fourth-order valence-electron chi connectivity index (χ4n) is 8.40. The number of nitrogens with one attached hydrogen (secondary N) is 2. The van der Waals surface area contributed by atoms with Crippen LogP contribution < -0.4 is 5.32 Å². The summed E-state index contributed by atoms with van der Waals surface area (Å²) in [6.07, 6.45) is 12.5. The number of hydrogen-bond donors (Lipinski definition) is 3. The molecule has 7 heteroatoms. The molecule has 0 radical (unpaired) electrons. The Hall–Kier alpha value is -4.88. The predicted octanol–water partition coefficient (Wildman–Crippen LogP) is 8.77. The lowest BCUT2D eigenvalue weighted by molar-refractivity contribution is -0.131. The third kappa shape index (κ3) is 9.57. The molecule has 2 aliphatic rings. The molecule has 1 aromatic heterocycles. The number of para-hydroxylation sites is 1. The Morgan fingerprint density at radius 1 is 0.774 bits per heavy atom. The van der Waals surface area contributed by atoms with Crippen LogP contribution in [0.3, 0.4) is 0 Å². The molecule has 0 saturated carbocycles. The van der Waals surface area contributed by atoms with E-state index < -0.39 is 0 Å². The smallest absolute Gasteiger partial charge is 0.254 e. The number of carbonyl (C=O) groups excluding carboxylic acids is 2. The van der Waals surface area contributed by atoms with Crippen molar-refractivity contribution in [2.45, 2.75) is 70.8 Å². The summed E-state index contributed by atoms with van der Waals surface area (Å²) >= 11 is 0. The van der Waals surface area contributed by atoms with E-state index in [2.05, 4.69) is 51.6 Å². The molecule has 0 spiro atoms. The van der Waals surface area contributed by atoms with Crippen LogP contribution in [0.4, 0.5) is 0 Å². The Bertz CT molecular complexity index is 1950. The summed E-state index contributed by atoms with van der Waals surface area (Å²) in [5.74, 6) is 2.05. The molecule has 4 aromatic carbocycles. The summed E-state index contributed by atoms with van der Waals surface area (Å²) in [5.41, 5.74) is 6.99. The van der Waals surface area contributed by atoms with Crippen LogP contribution in [0.2, 0.25) is 0 Å². The lowest BCUT2D eigenvalue weighted by atomic mass is 9.87. The minimum atomic E-state index is 0.102. The highest BCUT2D eigenvalue weighted by molar-refractivity contribution is 6.01. The van der Waals surface area contributed by atoms with Crippen molar-refractivity contribution in [1.29, 1.82) is 0 Å². The SMILES string of the molecule is O=C(CCc1c[nH]c2ccccc12)N(CCc1ccc(O)cc1)Cc1cccc(-c2ccccc2C(=O)N2CCC(CCCC3CCNCC3)CC2)c1. The first-order valence-electron chi connectivity index (χ1n) is 19.8. The highest BCUT2D eigenvalue weighted by Gasteiger charge is 2.26. The Morgan fingerprint density at radius 3 is 2.32 bits per heavy atom. The van der Waals surface area contributed by atoms with E-state index >= 15 is 0 Å². The number of amides is 2. The monoisotopic (exact) mass is 710 g/mol. The molecule has 0 unspecified atom stereocenters. The molecule has 3 N–H and O–H groups in total. The van der Waals surface area contributed by atoms with Crippen molar-refractivity contribution < 1.29 is 14.7 Å². The maximum absolute atomic E-state index is 14.0. The number of fused-ring (bicyclic) bond motifs is 1. The molecule has 0 bridgehead atoms. The zero-order valence-corrected chi connectivity index (χ0v) is 30.9. The lowest BCUT2D eigenvalue weighted by Gasteiger charge is -2.33. The van der Waals surface area contributed by atoms with Crippen LogP contribution in [-0.4, -0.2) is 64.4 Å². The summed E-state index contributed by atoms with van der Waals surface area (Å²) in [6, 6.07) is 31.7. The van der Waals surface area contributed by atoms with Gasteiger partial charge in [0.1, 0.15) is 5.75 Å². The Kier molecular flexibility index (Phi) is 12.2. The van der Waals surface area contributed by atoms with Crippen molar-refractivity contribution in [3.05, 3.63) is 126 Å². The molecule has 7 nitrogen and oxygen atoms in total. The van der Waals surface area contributed by atoms with Gasteiger partial charge in [-0.25, -0.2) is 0 Å². The van der Waals surface area contributed by atoms with Gasteiger partial charge in [0, 0.05) is 55.3 Å². The number of aromatic hydroxyl groups is 1. The molecule has 2 aliphatic heterocycles. The number of hydrogen-bond acceptors (Lipinski definition) is 4. The van der Waals surface area contributed by atoms with Gasteiger partial charge in [0.25, 0.3) is 5.91 Å².